The summed E-state index contributed by atoms with van der Waals surface area (Å²) in [5, 5.41) is 15.3. The summed E-state index contributed by atoms with van der Waals surface area (Å²) in [6.07, 6.45) is 1.67. The van der Waals surface area contributed by atoms with E-state index in [9.17, 15) is 14.9 Å². The standard InChI is InChI=1S/C20H27N3O5S/c1-6-8-9-28-19-15(23(25)26)10-14(11-16(19)27-5)18-17(13(4)24)12(3)22(7-2)20(29)21-18/h10-11,18H,6-9H2,1-5H3,(H,21,29). The van der Waals surface area contributed by atoms with Crippen molar-refractivity contribution < 1.29 is 19.2 Å². The molecule has 2 rings (SSSR count). The summed E-state index contributed by atoms with van der Waals surface area (Å²) in [6.45, 7) is 8.20. The second-order valence-electron chi connectivity index (χ2n) is 6.71. The number of ether oxygens (including phenoxy) is 2. The van der Waals surface area contributed by atoms with Crippen LogP contribution in [0.25, 0.3) is 0 Å². The van der Waals surface area contributed by atoms with Crippen molar-refractivity contribution in [2.24, 2.45) is 0 Å². The molecule has 8 nitrogen and oxygen atoms in total. The third kappa shape index (κ3) is 4.67. The van der Waals surface area contributed by atoms with Crippen LogP contribution in [0.1, 0.15) is 52.1 Å². The van der Waals surface area contributed by atoms with Gasteiger partial charge in [-0.05, 0) is 51.0 Å². The number of carbonyl (C=O) groups excluding carboxylic acids is 1. The van der Waals surface area contributed by atoms with E-state index >= 15 is 0 Å². The van der Waals surface area contributed by atoms with Crippen molar-refractivity contribution >= 4 is 28.8 Å². The van der Waals surface area contributed by atoms with Crippen LogP contribution in [-0.4, -0.2) is 41.0 Å². The van der Waals surface area contributed by atoms with Crippen molar-refractivity contribution in [1.82, 2.24) is 10.2 Å². The van der Waals surface area contributed by atoms with Gasteiger partial charge < -0.3 is 19.7 Å². The molecule has 1 heterocycles. The summed E-state index contributed by atoms with van der Waals surface area (Å²) in [4.78, 5) is 25.5. The Bertz CT molecular complexity index is 853. The first-order chi connectivity index (χ1) is 13.8. The monoisotopic (exact) mass is 421 g/mol. The Morgan fingerprint density at radius 1 is 1.38 bits per heavy atom. The Balaban J connectivity index is 2.62. The number of allylic oxidation sites excluding steroid dienone is 1. The molecule has 158 valence electrons. The minimum absolute atomic E-state index is 0.0911. The topological polar surface area (TPSA) is 93.9 Å². The second-order valence-corrected chi connectivity index (χ2v) is 7.10. The van der Waals surface area contributed by atoms with Gasteiger partial charge in [-0.2, -0.15) is 0 Å². The van der Waals surface area contributed by atoms with Gasteiger partial charge in [0, 0.05) is 23.9 Å². The molecule has 0 aromatic heterocycles. The Morgan fingerprint density at radius 3 is 2.59 bits per heavy atom. The van der Waals surface area contributed by atoms with Gasteiger partial charge in [-0.15, -0.1) is 0 Å². The van der Waals surface area contributed by atoms with E-state index in [0.717, 1.165) is 18.5 Å². The number of ketones is 1. The highest BCUT2D eigenvalue weighted by Gasteiger charge is 2.34. The molecule has 0 aliphatic carbocycles. The highest BCUT2D eigenvalue weighted by Crippen LogP contribution is 2.42. The number of nitrogens with one attached hydrogen (secondary N) is 1. The molecule has 0 amide bonds. The van der Waals surface area contributed by atoms with E-state index in [0.29, 0.717) is 29.4 Å². The average Bonchev–Trinajstić information content (AvgIpc) is 2.67. The number of methoxy groups -OCH3 is 1. The van der Waals surface area contributed by atoms with E-state index in [4.69, 9.17) is 21.7 Å². The largest absolute Gasteiger partial charge is 0.493 e. The molecule has 0 saturated heterocycles. The van der Waals surface area contributed by atoms with Crippen molar-refractivity contribution in [1.29, 1.82) is 0 Å². The Morgan fingerprint density at radius 2 is 2.07 bits per heavy atom. The molecule has 0 saturated carbocycles. The average molecular weight is 422 g/mol. The molecule has 9 heteroatoms. The number of nitro benzene ring substituents is 1. The Kier molecular flexibility index (Phi) is 7.55. The van der Waals surface area contributed by atoms with Crippen LogP contribution in [0.4, 0.5) is 5.69 Å². The minimum Gasteiger partial charge on any atom is -0.493 e. The van der Waals surface area contributed by atoms with Crippen molar-refractivity contribution in [2.45, 2.75) is 46.6 Å². The number of nitro groups is 1. The molecule has 1 aromatic carbocycles. The molecule has 1 aromatic rings. The zero-order valence-electron chi connectivity index (χ0n) is 17.4. The number of carbonyl (C=O) groups is 1. The van der Waals surface area contributed by atoms with E-state index in [2.05, 4.69) is 5.32 Å². The molecule has 1 aliphatic rings. The van der Waals surface area contributed by atoms with Gasteiger partial charge in [0.15, 0.2) is 16.6 Å². The van der Waals surface area contributed by atoms with E-state index in [-0.39, 0.29) is 23.0 Å². The number of Topliss-reactive ketones (excluding diaryl/α,β-unsaturated/α-hetero) is 1. The normalized spacial score (nSPS) is 16.5. The van der Waals surface area contributed by atoms with E-state index < -0.39 is 11.0 Å². The van der Waals surface area contributed by atoms with Gasteiger partial charge in [-0.25, -0.2) is 0 Å². The maximum absolute atomic E-state index is 12.4. The summed E-state index contributed by atoms with van der Waals surface area (Å²) >= 11 is 5.44. The summed E-state index contributed by atoms with van der Waals surface area (Å²) in [6, 6.07) is 2.47. The molecular formula is C20H27N3O5S. The minimum atomic E-state index is -0.611. The van der Waals surface area contributed by atoms with Crippen LogP contribution in [0.15, 0.2) is 23.4 Å². The molecule has 1 aliphatic heterocycles. The van der Waals surface area contributed by atoms with Crippen LogP contribution in [0.3, 0.4) is 0 Å². The predicted molar refractivity (Wildman–Crippen MR) is 114 cm³/mol. The molecule has 1 atom stereocenters. The van der Waals surface area contributed by atoms with E-state index in [1.54, 1.807) is 6.07 Å². The van der Waals surface area contributed by atoms with Crippen molar-refractivity contribution in [3.8, 4) is 11.5 Å². The summed E-state index contributed by atoms with van der Waals surface area (Å²) < 4.78 is 11.0. The SMILES string of the molecule is CCCCOc1c(OC)cc(C2NC(=S)N(CC)C(C)=C2C(C)=O)cc1[N+](=O)[O-]. The van der Waals surface area contributed by atoms with Gasteiger partial charge >= 0.3 is 5.69 Å². The number of unbranched alkanes of at least 4 members (excludes halogenated alkanes) is 1. The van der Waals surface area contributed by atoms with Crippen LogP contribution in [-0.2, 0) is 4.79 Å². The lowest BCUT2D eigenvalue weighted by Gasteiger charge is -2.37. The molecule has 0 bridgehead atoms. The molecule has 1 N–H and O–H groups in total. The quantitative estimate of drug-likeness (QED) is 0.278. The number of nitrogens with zero attached hydrogens (tertiary/aromatic N) is 2. The molecule has 0 spiro atoms. The summed E-state index contributed by atoms with van der Waals surface area (Å²) in [5.74, 6) is 0.204. The number of rotatable bonds is 9. The first-order valence-corrected chi connectivity index (χ1v) is 9.96. The summed E-state index contributed by atoms with van der Waals surface area (Å²) in [7, 11) is 1.43. The predicted octanol–water partition coefficient (Wildman–Crippen LogP) is 3.90. The smallest absolute Gasteiger partial charge is 0.315 e. The van der Waals surface area contributed by atoms with Crippen LogP contribution >= 0.6 is 12.2 Å². The third-order valence-electron chi connectivity index (χ3n) is 4.84. The highest BCUT2D eigenvalue weighted by atomic mass is 32.1. The van der Waals surface area contributed by atoms with E-state index in [1.807, 2.05) is 25.7 Å². The third-order valence-corrected chi connectivity index (χ3v) is 5.18. The first-order valence-electron chi connectivity index (χ1n) is 9.55. The van der Waals surface area contributed by atoms with Gasteiger partial charge in [-0.1, -0.05) is 13.3 Å². The van der Waals surface area contributed by atoms with Crippen molar-refractivity contribution in [2.75, 3.05) is 20.3 Å². The summed E-state index contributed by atoms with van der Waals surface area (Å²) in [5.41, 5.74) is 1.55. The van der Waals surface area contributed by atoms with Gasteiger partial charge in [0.25, 0.3) is 0 Å². The van der Waals surface area contributed by atoms with Crippen molar-refractivity contribution in [3.63, 3.8) is 0 Å². The number of hydrogen-bond donors (Lipinski definition) is 1. The van der Waals surface area contributed by atoms with Gasteiger partial charge in [-0.3, -0.25) is 14.9 Å². The molecule has 0 radical (unpaired) electrons. The molecule has 29 heavy (non-hydrogen) atoms. The second kappa shape index (κ2) is 9.69. The van der Waals surface area contributed by atoms with Crippen LogP contribution in [0, 0.1) is 10.1 Å². The van der Waals surface area contributed by atoms with Gasteiger partial charge in [0.1, 0.15) is 0 Å². The lowest BCUT2D eigenvalue weighted by Crippen LogP contribution is -2.47. The lowest BCUT2D eigenvalue weighted by molar-refractivity contribution is -0.386. The van der Waals surface area contributed by atoms with Gasteiger partial charge in [0.05, 0.1) is 24.7 Å². The molecule has 0 fully saturated rings. The number of thiocarbonyl (C=S) groups is 1. The van der Waals surface area contributed by atoms with Crippen LogP contribution in [0.2, 0.25) is 0 Å². The molecule has 1 unspecified atom stereocenters. The molecular weight excluding hydrogens is 394 g/mol. The fraction of sp³-hybridized carbons (Fsp3) is 0.500. The fourth-order valence-electron chi connectivity index (χ4n) is 3.39. The number of hydrogen-bond acceptors (Lipinski definition) is 6. The maximum atomic E-state index is 12.4. The first kappa shape index (κ1) is 22.6. The highest BCUT2D eigenvalue weighted by molar-refractivity contribution is 7.80. The van der Waals surface area contributed by atoms with Gasteiger partial charge in [0.2, 0.25) is 5.75 Å². The Hall–Kier alpha value is -2.68. The zero-order valence-corrected chi connectivity index (χ0v) is 18.2. The maximum Gasteiger partial charge on any atom is 0.315 e. The van der Waals surface area contributed by atoms with Crippen molar-refractivity contribution in [3.05, 3.63) is 39.1 Å². The van der Waals surface area contributed by atoms with Crippen LogP contribution in [0.5, 0.6) is 11.5 Å². The Labute approximate surface area is 176 Å². The zero-order chi connectivity index (χ0) is 21.7. The lowest BCUT2D eigenvalue weighted by atomic mass is 9.92. The van der Waals surface area contributed by atoms with Crippen LogP contribution < -0.4 is 14.8 Å². The van der Waals surface area contributed by atoms with E-state index in [1.165, 1.54) is 20.1 Å². The fourth-order valence-corrected chi connectivity index (χ4v) is 3.78. The number of benzene rings is 1.